The second kappa shape index (κ2) is 19.7. The maximum absolute atomic E-state index is 13.6. The first kappa shape index (κ1) is 49.8. The van der Waals surface area contributed by atoms with Gasteiger partial charge in [-0.2, -0.15) is 0 Å². The molecule has 0 saturated carbocycles. The van der Waals surface area contributed by atoms with Crippen molar-refractivity contribution in [3.8, 4) is 0 Å². The van der Waals surface area contributed by atoms with E-state index in [0.717, 1.165) is 28.3 Å². The monoisotopic (exact) mass is 871 g/mol. The Labute approximate surface area is 367 Å². The van der Waals surface area contributed by atoms with Gasteiger partial charge in [0, 0.05) is 14.2 Å². The van der Waals surface area contributed by atoms with Gasteiger partial charge in [0.15, 0.2) is 14.1 Å². The molecule has 60 heavy (non-hydrogen) atoms. The molecule has 4 rings (SSSR count). The van der Waals surface area contributed by atoms with Gasteiger partial charge in [0.1, 0.15) is 6.10 Å². The van der Waals surface area contributed by atoms with Crippen LogP contribution in [0, 0.1) is 20.8 Å². The third kappa shape index (κ3) is 12.4. The fourth-order valence-corrected chi connectivity index (χ4v) is 14.5. The molecule has 1 heterocycles. The number of hydrogen-bond donors (Lipinski definition) is 0. The average Bonchev–Trinajstić information content (AvgIpc) is 3.45. The number of benzene rings is 3. The SMILES string of the molecule is Cc1cc(/C=C/C[C@@H]2OC(C)(C)O[C@@H]2C(/C=C\C[C@H](C)O[Si](c2ccccc2)(c2ccccc2)C(C)(C)C)O[Si](C)(C)C(C)(C)C)c(C(=O)OCC[Si](C)(C)C)c(C)c1C. The molecule has 1 aliphatic heterocycles. The fourth-order valence-electron chi connectivity index (χ4n) is 7.87. The second-order valence-corrected chi connectivity index (χ2v) is 35.9. The molecule has 6 nitrogen and oxygen atoms in total. The minimum atomic E-state index is -2.73. The van der Waals surface area contributed by atoms with Crippen LogP contribution in [0.3, 0.4) is 0 Å². The van der Waals surface area contributed by atoms with Gasteiger partial charge in [-0.1, -0.05) is 152 Å². The molecule has 9 heteroatoms. The molecule has 4 atom stereocenters. The summed E-state index contributed by atoms with van der Waals surface area (Å²) in [5, 5.41) is 2.42. The Kier molecular flexibility index (Phi) is 16.3. The Morgan fingerprint density at radius 1 is 0.800 bits per heavy atom. The Bertz CT molecular complexity index is 1890. The van der Waals surface area contributed by atoms with Crippen LogP contribution in [0.15, 0.2) is 85.0 Å². The van der Waals surface area contributed by atoms with Crippen LogP contribution in [0.25, 0.3) is 6.08 Å². The number of carbonyl (C=O) groups is 1. The molecule has 1 unspecified atom stereocenters. The number of ether oxygens (including phenoxy) is 3. The lowest BCUT2D eigenvalue weighted by atomic mass is 9.93. The minimum Gasteiger partial charge on any atom is -0.462 e. The van der Waals surface area contributed by atoms with E-state index in [1.165, 1.54) is 10.4 Å². The van der Waals surface area contributed by atoms with Gasteiger partial charge in [-0.3, -0.25) is 0 Å². The van der Waals surface area contributed by atoms with Crippen molar-refractivity contribution < 1.29 is 27.9 Å². The summed E-state index contributed by atoms with van der Waals surface area (Å²) in [4.78, 5) is 13.6. The summed E-state index contributed by atoms with van der Waals surface area (Å²) in [6, 6.07) is 24.7. The molecule has 1 fully saturated rings. The highest BCUT2D eigenvalue weighted by Crippen LogP contribution is 2.41. The average molecular weight is 871 g/mol. The highest BCUT2D eigenvalue weighted by Gasteiger charge is 2.51. The van der Waals surface area contributed by atoms with Gasteiger partial charge < -0.3 is 23.1 Å². The topological polar surface area (TPSA) is 63.2 Å². The van der Waals surface area contributed by atoms with Crippen LogP contribution in [0.1, 0.15) is 108 Å². The molecule has 0 spiro atoms. The van der Waals surface area contributed by atoms with Gasteiger partial charge in [0.2, 0.25) is 0 Å². The van der Waals surface area contributed by atoms with Gasteiger partial charge in [0.25, 0.3) is 8.32 Å². The normalized spacial score (nSPS) is 18.9. The van der Waals surface area contributed by atoms with Crippen LogP contribution in [0.5, 0.6) is 0 Å². The smallest absolute Gasteiger partial charge is 0.339 e. The summed E-state index contributed by atoms with van der Waals surface area (Å²) in [6.45, 7) is 38.1. The fraction of sp³-hybridized carbons (Fsp3) is 0.549. The van der Waals surface area contributed by atoms with E-state index >= 15 is 0 Å². The van der Waals surface area contributed by atoms with Crippen molar-refractivity contribution in [2.24, 2.45) is 0 Å². The number of carbonyl (C=O) groups excluding carboxylic acids is 1. The quantitative estimate of drug-likeness (QED) is 0.0765. The predicted molar refractivity (Wildman–Crippen MR) is 261 cm³/mol. The van der Waals surface area contributed by atoms with Crippen LogP contribution in [0.2, 0.25) is 48.9 Å². The van der Waals surface area contributed by atoms with Crippen LogP contribution in [0.4, 0.5) is 0 Å². The first-order chi connectivity index (χ1) is 27.7. The molecule has 330 valence electrons. The number of rotatable bonds is 17. The summed E-state index contributed by atoms with van der Waals surface area (Å²) in [5.74, 6) is -1.05. The zero-order valence-corrected chi connectivity index (χ0v) is 43.2. The van der Waals surface area contributed by atoms with E-state index < -0.39 is 30.5 Å². The Balaban J connectivity index is 1.65. The van der Waals surface area contributed by atoms with Crippen molar-refractivity contribution in [2.75, 3.05) is 6.61 Å². The van der Waals surface area contributed by atoms with E-state index in [4.69, 9.17) is 23.1 Å². The molecule has 0 amide bonds. The van der Waals surface area contributed by atoms with E-state index in [1.807, 2.05) is 20.8 Å². The van der Waals surface area contributed by atoms with Crippen LogP contribution >= 0.6 is 0 Å². The lowest BCUT2D eigenvalue weighted by molar-refractivity contribution is -0.151. The number of hydrogen-bond acceptors (Lipinski definition) is 6. The van der Waals surface area contributed by atoms with Gasteiger partial charge in [-0.15, -0.1) is 0 Å². The zero-order chi connectivity index (χ0) is 44.9. The molecule has 0 aromatic heterocycles. The Morgan fingerprint density at radius 2 is 1.37 bits per heavy atom. The Hall–Kier alpha value is -2.90. The van der Waals surface area contributed by atoms with Crippen molar-refractivity contribution in [3.63, 3.8) is 0 Å². The highest BCUT2D eigenvalue weighted by molar-refractivity contribution is 6.99. The maximum atomic E-state index is 13.6. The first-order valence-corrected chi connectivity index (χ1v) is 30.6. The van der Waals surface area contributed by atoms with Gasteiger partial charge in [-0.05, 0) is 116 Å². The summed E-state index contributed by atoms with van der Waals surface area (Å²) in [7, 11) is -6.34. The molecule has 3 aromatic rings. The van der Waals surface area contributed by atoms with Crippen molar-refractivity contribution in [1.82, 2.24) is 0 Å². The van der Waals surface area contributed by atoms with Crippen LogP contribution < -0.4 is 10.4 Å². The van der Waals surface area contributed by atoms with Crippen molar-refractivity contribution in [1.29, 1.82) is 0 Å². The Morgan fingerprint density at radius 3 is 1.88 bits per heavy atom. The van der Waals surface area contributed by atoms with Crippen LogP contribution in [-0.4, -0.2) is 67.5 Å². The molecule has 0 radical (unpaired) electrons. The molecule has 0 aliphatic carbocycles. The largest absolute Gasteiger partial charge is 0.462 e. The van der Waals surface area contributed by atoms with E-state index in [9.17, 15) is 4.79 Å². The number of aryl methyl sites for hydroxylation is 1. The standard InChI is InChI=1S/C51H78O6Si3/c1-37-36-41(46(40(4)39(37)3)48(52)53-34-35-58(13,14)15)27-25-32-44-47(55-51(11,12)54-44)45(57-59(16,17)49(5,6)7)33-24-26-38(2)56-60(50(8,9)10,42-28-20-18-21-29-42)43-30-22-19-23-31-43/h18-25,27-31,33,36,38,44-45,47H,26,32,34-35H2,1-17H3/b27-25+,33-24-/t38-,44-,45?,47-/m0/s1. The summed E-state index contributed by atoms with van der Waals surface area (Å²) < 4.78 is 34.0. The van der Waals surface area contributed by atoms with E-state index in [0.29, 0.717) is 25.0 Å². The van der Waals surface area contributed by atoms with Crippen molar-refractivity contribution >= 4 is 47.1 Å². The van der Waals surface area contributed by atoms with Crippen molar-refractivity contribution in [2.45, 2.75) is 175 Å². The maximum Gasteiger partial charge on any atom is 0.339 e. The highest BCUT2D eigenvalue weighted by atomic mass is 28.4. The molecular formula is C51H78O6Si3. The molecule has 1 saturated heterocycles. The molecule has 3 aromatic carbocycles. The summed E-state index contributed by atoms with van der Waals surface area (Å²) >= 11 is 0. The lowest BCUT2D eigenvalue weighted by Gasteiger charge is -2.44. The molecule has 1 aliphatic rings. The van der Waals surface area contributed by atoms with Crippen molar-refractivity contribution in [3.05, 3.63) is 113 Å². The first-order valence-electron chi connectivity index (χ1n) is 22.1. The third-order valence-electron chi connectivity index (χ3n) is 12.5. The van der Waals surface area contributed by atoms with Gasteiger partial charge >= 0.3 is 5.97 Å². The third-order valence-corrected chi connectivity index (χ3v) is 23.9. The predicted octanol–water partition coefficient (Wildman–Crippen LogP) is 12.3. The zero-order valence-electron chi connectivity index (χ0n) is 40.2. The lowest BCUT2D eigenvalue weighted by Crippen LogP contribution is -2.67. The van der Waals surface area contributed by atoms with Crippen LogP contribution in [-0.2, 0) is 23.1 Å². The van der Waals surface area contributed by atoms with E-state index in [-0.39, 0.29) is 40.5 Å². The molecule has 0 bridgehead atoms. The van der Waals surface area contributed by atoms with E-state index in [1.54, 1.807) is 0 Å². The molecular weight excluding hydrogens is 793 g/mol. The summed E-state index contributed by atoms with van der Waals surface area (Å²) in [6.07, 6.45) is 8.90. The second-order valence-electron chi connectivity index (χ2n) is 21.2. The van der Waals surface area contributed by atoms with Gasteiger partial charge in [-0.25, -0.2) is 4.79 Å². The van der Waals surface area contributed by atoms with E-state index in [2.05, 4.69) is 186 Å². The number of esters is 1. The minimum absolute atomic E-state index is 0.00954. The summed E-state index contributed by atoms with van der Waals surface area (Å²) in [5.41, 5.74) is 4.73. The van der Waals surface area contributed by atoms with Gasteiger partial charge in [0.05, 0.1) is 24.4 Å². The molecule has 0 N–H and O–H groups in total.